The molecule has 5 heteroatoms. The van der Waals surface area contributed by atoms with Crippen LogP contribution in [0.4, 0.5) is 4.79 Å². The minimum Gasteiger partial charge on any atom is -0.449 e. The molecule has 4 atom stereocenters. The van der Waals surface area contributed by atoms with E-state index in [0.29, 0.717) is 12.0 Å². The van der Waals surface area contributed by atoms with E-state index in [1.807, 2.05) is 18.2 Å². The topological polar surface area (TPSA) is 61.8 Å². The number of carbonyl (C=O) groups excluding carboxylic acids is 1. The van der Waals surface area contributed by atoms with Gasteiger partial charge in [0, 0.05) is 30.5 Å². The summed E-state index contributed by atoms with van der Waals surface area (Å²) in [6.45, 7) is 6.69. The van der Waals surface area contributed by atoms with Crippen molar-refractivity contribution in [3.8, 4) is 11.1 Å². The Balaban J connectivity index is 1.09. The molecule has 1 amide bonds. The lowest BCUT2D eigenvalue weighted by atomic mass is 9.65. The number of benzene rings is 3. The first kappa shape index (κ1) is 24.2. The molecule has 2 fully saturated rings. The number of rotatable bonds is 6. The van der Waals surface area contributed by atoms with Gasteiger partial charge in [-0.25, -0.2) is 4.79 Å². The van der Waals surface area contributed by atoms with Gasteiger partial charge in [0.1, 0.15) is 6.61 Å². The molecule has 2 unspecified atom stereocenters. The molecule has 3 aromatic rings. The van der Waals surface area contributed by atoms with Crippen molar-refractivity contribution in [3.05, 3.63) is 95.6 Å². The molecule has 0 aromatic heterocycles. The second-order valence-electron chi connectivity index (χ2n) is 11.5. The molecule has 3 aliphatic rings. The van der Waals surface area contributed by atoms with Crippen molar-refractivity contribution >= 4 is 6.09 Å². The highest BCUT2D eigenvalue weighted by atomic mass is 16.5. The summed E-state index contributed by atoms with van der Waals surface area (Å²) in [6.07, 6.45) is 0.507. The van der Waals surface area contributed by atoms with Crippen molar-refractivity contribution in [2.24, 2.45) is 11.3 Å². The Hall–Kier alpha value is -3.15. The van der Waals surface area contributed by atoms with Gasteiger partial charge in [-0.1, -0.05) is 92.7 Å². The number of alkyl carbamates (subject to hydrolysis) is 1. The van der Waals surface area contributed by atoms with Crippen molar-refractivity contribution in [1.29, 1.82) is 0 Å². The molecule has 1 spiro atoms. The zero-order valence-electron chi connectivity index (χ0n) is 21.6. The number of nitrogens with one attached hydrogen (secondary N) is 1. The zero-order valence-corrected chi connectivity index (χ0v) is 21.6. The van der Waals surface area contributed by atoms with Gasteiger partial charge in [-0.15, -0.1) is 0 Å². The first-order valence-corrected chi connectivity index (χ1v) is 13.5. The highest BCUT2D eigenvalue weighted by Gasteiger charge is 2.59. The van der Waals surface area contributed by atoms with Gasteiger partial charge in [0.25, 0.3) is 0 Å². The summed E-state index contributed by atoms with van der Waals surface area (Å²) in [4.78, 5) is 15.4. The van der Waals surface area contributed by atoms with Gasteiger partial charge < -0.3 is 15.2 Å². The Morgan fingerprint density at radius 3 is 2.24 bits per heavy atom. The summed E-state index contributed by atoms with van der Waals surface area (Å²) in [5, 5.41) is 14.0. The van der Waals surface area contributed by atoms with Gasteiger partial charge in [0.2, 0.25) is 0 Å². The third-order valence-corrected chi connectivity index (χ3v) is 8.75. The molecular formula is C32H36N2O3. The Labute approximate surface area is 219 Å². The number of likely N-dealkylation sites (tertiary alicyclic amines) is 1. The van der Waals surface area contributed by atoms with Crippen LogP contribution >= 0.6 is 0 Å². The lowest BCUT2D eigenvalue weighted by Crippen LogP contribution is -2.65. The highest BCUT2D eigenvalue weighted by Crippen LogP contribution is 2.53. The van der Waals surface area contributed by atoms with Crippen LogP contribution in [-0.2, 0) is 11.3 Å². The van der Waals surface area contributed by atoms with E-state index in [0.717, 1.165) is 25.9 Å². The highest BCUT2D eigenvalue weighted by molar-refractivity contribution is 5.79. The fourth-order valence-corrected chi connectivity index (χ4v) is 7.50. The smallest absolute Gasteiger partial charge is 0.407 e. The van der Waals surface area contributed by atoms with E-state index >= 15 is 0 Å². The molecule has 3 aromatic carbocycles. The summed E-state index contributed by atoms with van der Waals surface area (Å²) in [6, 6.07) is 27.4. The van der Waals surface area contributed by atoms with Crippen LogP contribution in [-0.4, -0.2) is 47.4 Å². The van der Waals surface area contributed by atoms with Crippen molar-refractivity contribution in [2.75, 3.05) is 13.2 Å². The maximum atomic E-state index is 12.9. The Morgan fingerprint density at radius 2 is 1.59 bits per heavy atom. The summed E-state index contributed by atoms with van der Waals surface area (Å²) in [5.74, 6) is 0.499. The molecule has 1 aliphatic heterocycles. The monoisotopic (exact) mass is 496 g/mol. The third-order valence-electron chi connectivity index (χ3n) is 8.75. The number of fused-ring (bicyclic) bond motifs is 3. The molecule has 0 radical (unpaired) electrons. The summed E-state index contributed by atoms with van der Waals surface area (Å²) in [5.41, 5.74) is 6.17. The van der Waals surface area contributed by atoms with Crippen LogP contribution in [0.2, 0.25) is 0 Å². The standard InChI is InChI=1S/C32H36N2O3/c1-21(2)30-32(20-34(30)18-22-10-4-3-5-11-22)16-28(29(35)17-32)33-31(36)37-19-27-25-14-8-6-12-23(25)24-13-7-9-15-26(24)27/h3-15,21,27-30,35H,16-20H2,1-2H3,(H,33,36)/t28-,29-,30?,32?/m1/s1. The van der Waals surface area contributed by atoms with E-state index < -0.39 is 12.2 Å². The number of hydrogen-bond acceptors (Lipinski definition) is 4. The van der Waals surface area contributed by atoms with Crippen LogP contribution in [0, 0.1) is 11.3 Å². The molecule has 0 bridgehead atoms. The number of ether oxygens (including phenoxy) is 1. The predicted molar refractivity (Wildman–Crippen MR) is 145 cm³/mol. The number of carbonyl (C=O) groups is 1. The molecule has 37 heavy (non-hydrogen) atoms. The Bertz CT molecular complexity index is 1230. The second kappa shape index (κ2) is 9.62. The fraction of sp³-hybridized carbons (Fsp3) is 0.406. The van der Waals surface area contributed by atoms with Gasteiger partial charge in [0.05, 0.1) is 12.1 Å². The Morgan fingerprint density at radius 1 is 0.973 bits per heavy atom. The quantitative estimate of drug-likeness (QED) is 0.468. The van der Waals surface area contributed by atoms with E-state index in [2.05, 4.69) is 84.7 Å². The van der Waals surface area contributed by atoms with Crippen molar-refractivity contribution in [1.82, 2.24) is 10.2 Å². The van der Waals surface area contributed by atoms with Gasteiger partial charge in [-0.2, -0.15) is 0 Å². The first-order chi connectivity index (χ1) is 17.9. The molecule has 192 valence electrons. The number of hydrogen-bond donors (Lipinski definition) is 2. The maximum Gasteiger partial charge on any atom is 0.407 e. The lowest BCUT2D eigenvalue weighted by molar-refractivity contribution is -0.105. The molecule has 1 saturated carbocycles. The van der Waals surface area contributed by atoms with Crippen LogP contribution in [0.5, 0.6) is 0 Å². The van der Waals surface area contributed by atoms with Crippen LogP contribution in [0.1, 0.15) is 49.3 Å². The van der Waals surface area contributed by atoms with Crippen LogP contribution in [0.25, 0.3) is 11.1 Å². The SMILES string of the molecule is CC(C)C1N(Cc2ccccc2)CC12C[C@@H](O)[C@H](NC(=O)OCC1c3ccccc3-c3ccccc31)C2. The Kier molecular flexibility index (Phi) is 6.29. The molecular weight excluding hydrogens is 460 g/mol. The largest absolute Gasteiger partial charge is 0.449 e. The van der Waals surface area contributed by atoms with Gasteiger partial charge in [-0.3, -0.25) is 4.90 Å². The summed E-state index contributed by atoms with van der Waals surface area (Å²) >= 11 is 0. The van der Waals surface area contributed by atoms with Gasteiger partial charge >= 0.3 is 6.09 Å². The number of aliphatic hydroxyl groups excluding tert-OH is 1. The lowest BCUT2D eigenvalue weighted by Gasteiger charge is -2.58. The number of aliphatic hydroxyl groups is 1. The van der Waals surface area contributed by atoms with E-state index in [1.54, 1.807) is 0 Å². The maximum absolute atomic E-state index is 12.9. The van der Waals surface area contributed by atoms with E-state index in [1.165, 1.54) is 27.8 Å². The van der Waals surface area contributed by atoms with Gasteiger partial charge in [0.15, 0.2) is 0 Å². The molecule has 1 saturated heterocycles. The summed E-state index contributed by atoms with van der Waals surface area (Å²) < 4.78 is 5.77. The average Bonchev–Trinajstić information content (AvgIpc) is 3.38. The minimum absolute atomic E-state index is 0.0292. The third kappa shape index (κ3) is 4.34. The fourth-order valence-electron chi connectivity index (χ4n) is 7.50. The number of nitrogens with zero attached hydrogens (tertiary/aromatic N) is 1. The molecule has 6 rings (SSSR count). The zero-order chi connectivity index (χ0) is 25.6. The van der Waals surface area contributed by atoms with Crippen LogP contribution in [0.15, 0.2) is 78.9 Å². The van der Waals surface area contributed by atoms with Crippen molar-refractivity contribution in [3.63, 3.8) is 0 Å². The van der Waals surface area contributed by atoms with E-state index in [4.69, 9.17) is 4.74 Å². The second-order valence-corrected chi connectivity index (χ2v) is 11.5. The first-order valence-electron chi connectivity index (χ1n) is 13.5. The van der Waals surface area contributed by atoms with Crippen LogP contribution < -0.4 is 5.32 Å². The minimum atomic E-state index is -0.555. The van der Waals surface area contributed by atoms with E-state index in [9.17, 15) is 9.90 Å². The molecule has 2 N–H and O–H groups in total. The van der Waals surface area contributed by atoms with Crippen molar-refractivity contribution < 1.29 is 14.6 Å². The van der Waals surface area contributed by atoms with Crippen molar-refractivity contribution in [2.45, 2.75) is 57.3 Å². The summed E-state index contributed by atoms with van der Waals surface area (Å²) in [7, 11) is 0. The van der Waals surface area contributed by atoms with Gasteiger partial charge in [-0.05, 0) is 46.6 Å². The molecule has 2 aliphatic carbocycles. The predicted octanol–water partition coefficient (Wildman–Crippen LogP) is 5.58. The number of amides is 1. The van der Waals surface area contributed by atoms with Crippen LogP contribution in [0.3, 0.4) is 0 Å². The molecule has 5 nitrogen and oxygen atoms in total. The normalized spacial score (nSPS) is 26.6. The van der Waals surface area contributed by atoms with E-state index in [-0.39, 0.29) is 24.0 Å². The molecule has 1 heterocycles. The average molecular weight is 497 g/mol.